The maximum atomic E-state index is 12.8. The number of nitrogens with zero attached hydrogens (tertiary/aromatic N) is 2. The van der Waals surface area contributed by atoms with E-state index in [2.05, 4.69) is 38.7 Å². The normalized spacial score (nSPS) is 11.5. The molecule has 0 aliphatic carbocycles. The number of rotatable bonds is 3. The van der Waals surface area contributed by atoms with E-state index >= 15 is 0 Å². The minimum Gasteiger partial charge on any atom is -0.310 e. The maximum Gasteiger partial charge on any atom is 0.272 e. The molecule has 150 valence electrons. The summed E-state index contributed by atoms with van der Waals surface area (Å²) in [6, 6.07) is 23.2. The molecule has 0 aliphatic rings. The molecule has 6 nitrogen and oxygen atoms in total. The first-order chi connectivity index (χ1) is 15.1. The number of benzene rings is 4. The van der Waals surface area contributed by atoms with E-state index in [9.17, 15) is 9.59 Å². The van der Waals surface area contributed by atoms with Crippen LogP contribution in [0.2, 0.25) is 0 Å². The van der Waals surface area contributed by atoms with Crippen molar-refractivity contribution in [1.29, 1.82) is 0 Å². The minimum absolute atomic E-state index is 0.228. The van der Waals surface area contributed by atoms with Crippen molar-refractivity contribution in [1.82, 2.24) is 15.4 Å². The van der Waals surface area contributed by atoms with Crippen LogP contribution in [-0.4, -0.2) is 22.1 Å². The molecule has 0 atom stereocenters. The summed E-state index contributed by atoms with van der Waals surface area (Å²) in [5, 5.41) is 8.73. The van der Waals surface area contributed by atoms with Crippen LogP contribution < -0.4 is 11.0 Å². The van der Waals surface area contributed by atoms with Crippen LogP contribution in [0.15, 0.2) is 82.7 Å². The predicted octanol–water partition coefficient (Wildman–Crippen LogP) is 4.30. The summed E-state index contributed by atoms with van der Waals surface area (Å²) in [6.45, 7) is 1.70. The smallest absolute Gasteiger partial charge is 0.272 e. The van der Waals surface area contributed by atoms with Gasteiger partial charge in [-0.05, 0) is 46.7 Å². The second kappa shape index (κ2) is 7.50. The molecule has 0 saturated carbocycles. The highest BCUT2D eigenvalue weighted by Gasteiger charge is 2.13. The van der Waals surface area contributed by atoms with Gasteiger partial charge in [0.25, 0.3) is 11.5 Å². The first-order valence-corrected chi connectivity index (χ1v) is 9.85. The number of nitrogens with one attached hydrogen (secondary N) is 2. The number of hydrazone groups is 1. The number of hydrogen-bond donors (Lipinski definition) is 2. The lowest BCUT2D eigenvalue weighted by Gasteiger charge is -2.08. The van der Waals surface area contributed by atoms with Crippen LogP contribution in [0, 0.1) is 6.92 Å². The monoisotopic (exact) mass is 406 g/mol. The van der Waals surface area contributed by atoms with Gasteiger partial charge in [-0.2, -0.15) is 5.10 Å². The summed E-state index contributed by atoms with van der Waals surface area (Å²) in [5.41, 5.74) is 3.83. The van der Waals surface area contributed by atoms with E-state index in [0.29, 0.717) is 11.3 Å². The third-order valence-electron chi connectivity index (χ3n) is 5.27. The average Bonchev–Trinajstić information content (AvgIpc) is 2.77. The van der Waals surface area contributed by atoms with E-state index < -0.39 is 5.91 Å². The number of amides is 1. The largest absolute Gasteiger partial charge is 0.310 e. The van der Waals surface area contributed by atoms with E-state index in [1.807, 2.05) is 36.4 Å². The second-order valence-corrected chi connectivity index (χ2v) is 7.28. The fraction of sp³-hybridized carbons (Fsp3) is 0.0400. The SMILES string of the molecule is Cc1nc2cccc(C(=O)NN=Cc3c4ccccc4cc4ccccc34)c2c(=O)[nH]1. The number of hydrogen-bond acceptors (Lipinski definition) is 4. The molecule has 0 aliphatic heterocycles. The van der Waals surface area contributed by atoms with Crippen LogP contribution in [0.4, 0.5) is 0 Å². The van der Waals surface area contributed by atoms with Gasteiger partial charge < -0.3 is 4.98 Å². The molecule has 4 aromatic carbocycles. The first-order valence-electron chi connectivity index (χ1n) is 9.85. The summed E-state index contributed by atoms with van der Waals surface area (Å²) in [7, 11) is 0. The first kappa shape index (κ1) is 18.7. The summed E-state index contributed by atoms with van der Waals surface area (Å²) in [5.74, 6) is 0.0264. The molecule has 0 unspecified atom stereocenters. The highest BCUT2D eigenvalue weighted by Crippen LogP contribution is 2.27. The van der Waals surface area contributed by atoms with Crippen LogP contribution >= 0.6 is 0 Å². The number of aryl methyl sites for hydroxylation is 1. The van der Waals surface area contributed by atoms with Gasteiger partial charge in [0.1, 0.15) is 5.82 Å². The topological polar surface area (TPSA) is 87.2 Å². The summed E-state index contributed by atoms with van der Waals surface area (Å²) in [4.78, 5) is 32.2. The average molecular weight is 406 g/mol. The lowest BCUT2D eigenvalue weighted by Crippen LogP contribution is -2.21. The van der Waals surface area contributed by atoms with Gasteiger partial charge in [-0.1, -0.05) is 54.6 Å². The van der Waals surface area contributed by atoms with Crippen molar-refractivity contribution in [2.24, 2.45) is 5.10 Å². The molecule has 2 N–H and O–H groups in total. The molecule has 0 spiro atoms. The third kappa shape index (κ3) is 3.34. The standard InChI is InChI=1S/C25H18N4O2/c1-15-27-22-12-6-11-20(23(22)25(31)28-15)24(30)29-26-14-21-18-9-4-2-7-16(18)13-17-8-3-5-10-19(17)21/h2-14H,1H3,(H,29,30)(H,27,28,31). The zero-order valence-corrected chi connectivity index (χ0v) is 16.7. The van der Waals surface area contributed by atoms with Gasteiger partial charge in [0.05, 0.1) is 22.7 Å². The molecule has 0 saturated heterocycles. The zero-order valence-electron chi connectivity index (χ0n) is 16.7. The highest BCUT2D eigenvalue weighted by molar-refractivity contribution is 6.13. The van der Waals surface area contributed by atoms with Crippen LogP contribution in [0.25, 0.3) is 32.4 Å². The van der Waals surface area contributed by atoms with E-state index in [1.165, 1.54) is 0 Å². The van der Waals surface area contributed by atoms with Gasteiger partial charge in [-0.3, -0.25) is 9.59 Å². The van der Waals surface area contributed by atoms with E-state index in [0.717, 1.165) is 27.1 Å². The Labute approximate surface area is 177 Å². The Hall–Kier alpha value is -4.32. The van der Waals surface area contributed by atoms with E-state index in [1.54, 1.807) is 31.3 Å². The van der Waals surface area contributed by atoms with Crippen LogP contribution in [-0.2, 0) is 0 Å². The van der Waals surface area contributed by atoms with Crippen molar-refractivity contribution in [2.45, 2.75) is 6.92 Å². The Bertz CT molecular complexity index is 1510. The Kier molecular flexibility index (Phi) is 4.52. The Balaban J connectivity index is 1.54. The van der Waals surface area contributed by atoms with Crippen molar-refractivity contribution in [2.75, 3.05) is 0 Å². The molecule has 0 fully saturated rings. The molecular formula is C25H18N4O2. The maximum absolute atomic E-state index is 12.8. The van der Waals surface area contributed by atoms with Gasteiger partial charge in [0, 0.05) is 5.56 Å². The number of carbonyl (C=O) groups excluding carboxylic acids is 1. The zero-order chi connectivity index (χ0) is 21.4. The Morgan fingerprint density at radius 1 is 0.968 bits per heavy atom. The van der Waals surface area contributed by atoms with Crippen LogP contribution in [0.5, 0.6) is 0 Å². The fourth-order valence-corrected chi connectivity index (χ4v) is 3.90. The van der Waals surface area contributed by atoms with Gasteiger partial charge >= 0.3 is 0 Å². The van der Waals surface area contributed by atoms with Gasteiger partial charge in [0.15, 0.2) is 0 Å². The molecule has 1 aromatic heterocycles. The minimum atomic E-state index is -0.470. The van der Waals surface area contributed by atoms with Crippen LogP contribution in [0.1, 0.15) is 21.7 Å². The molecule has 1 heterocycles. The lowest BCUT2D eigenvalue weighted by molar-refractivity contribution is 0.0956. The molecule has 0 radical (unpaired) electrons. The molecule has 5 aromatic rings. The third-order valence-corrected chi connectivity index (χ3v) is 5.27. The van der Waals surface area contributed by atoms with Crippen LogP contribution in [0.3, 0.4) is 0 Å². The summed E-state index contributed by atoms with van der Waals surface area (Å²) < 4.78 is 0. The highest BCUT2D eigenvalue weighted by atomic mass is 16.2. The number of fused-ring (bicyclic) bond motifs is 3. The predicted molar refractivity (Wildman–Crippen MR) is 124 cm³/mol. The van der Waals surface area contributed by atoms with E-state index in [4.69, 9.17) is 0 Å². The number of carbonyl (C=O) groups is 1. The van der Waals surface area contributed by atoms with Gasteiger partial charge in [-0.15, -0.1) is 0 Å². The summed E-state index contributed by atoms with van der Waals surface area (Å²) >= 11 is 0. The number of H-pyrrole nitrogens is 1. The molecule has 1 amide bonds. The lowest BCUT2D eigenvalue weighted by atomic mass is 9.97. The van der Waals surface area contributed by atoms with Gasteiger partial charge in [0.2, 0.25) is 0 Å². The molecule has 0 bridgehead atoms. The fourth-order valence-electron chi connectivity index (χ4n) is 3.90. The van der Waals surface area contributed by atoms with Crippen molar-refractivity contribution < 1.29 is 4.79 Å². The Morgan fingerprint density at radius 3 is 2.35 bits per heavy atom. The van der Waals surface area contributed by atoms with Gasteiger partial charge in [-0.25, -0.2) is 10.4 Å². The number of aromatic amines is 1. The summed E-state index contributed by atoms with van der Waals surface area (Å²) in [6.07, 6.45) is 1.65. The second-order valence-electron chi connectivity index (χ2n) is 7.28. The Morgan fingerprint density at radius 2 is 1.65 bits per heavy atom. The quantitative estimate of drug-likeness (QED) is 0.266. The van der Waals surface area contributed by atoms with Crippen molar-refractivity contribution >= 4 is 44.6 Å². The van der Waals surface area contributed by atoms with Crippen molar-refractivity contribution in [3.05, 3.63) is 100 Å². The molecule has 31 heavy (non-hydrogen) atoms. The van der Waals surface area contributed by atoms with Crippen molar-refractivity contribution in [3.8, 4) is 0 Å². The molecule has 5 rings (SSSR count). The molecular weight excluding hydrogens is 388 g/mol. The molecule has 6 heteroatoms. The number of aromatic nitrogens is 2. The van der Waals surface area contributed by atoms with Crippen molar-refractivity contribution in [3.63, 3.8) is 0 Å². The van der Waals surface area contributed by atoms with E-state index in [-0.39, 0.29) is 16.5 Å².